The lowest BCUT2D eigenvalue weighted by Gasteiger charge is -2.11. The molecule has 0 radical (unpaired) electrons. The second-order valence-electron chi connectivity index (χ2n) is 4.40. The summed E-state index contributed by atoms with van der Waals surface area (Å²) in [7, 11) is -3.78. The fourth-order valence-electron chi connectivity index (χ4n) is 1.61. The Morgan fingerprint density at radius 3 is 2.67 bits per heavy atom. The van der Waals surface area contributed by atoms with Gasteiger partial charge in [0.15, 0.2) is 5.03 Å². The van der Waals surface area contributed by atoms with E-state index in [0.29, 0.717) is 21.7 Å². The second kappa shape index (κ2) is 6.31. The van der Waals surface area contributed by atoms with E-state index in [1.165, 1.54) is 12.3 Å². The number of halogens is 2. The van der Waals surface area contributed by atoms with E-state index in [-0.39, 0.29) is 5.03 Å². The molecule has 0 unspecified atom stereocenters. The molecule has 0 atom stereocenters. The minimum Gasteiger partial charge on any atom is -0.326 e. The van der Waals surface area contributed by atoms with Crippen LogP contribution >= 0.6 is 27.5 Å². The molecule has 0 bridgehead atoms. The van der Waals surface area contributed by atoms with E-state index in [1.54, 1.807) is 18.2 Å². The standard InChI is InChI=1S/C13H13BrClN3O2S/c1-8-4-10(14)12(5-11(8)15)18-21(19,20)13-3-2-9(6-16)7-17-13/h2-5,7,18H,6,16H2,1H3. The molecular weight excluding hydrogens is 378 g/mol. The van der Waals surface area contributed by atoms with Crippen molar-refractivity contribution >= 4 is 43.2 Å². The molecule has 2 rings (SSSR count). The number of hydrogen-bond acceptors (Lipinski definition) is 4. The van der Waals surface area contributed by atoms with Gasteiger partial charge in [0.25, 0.3) is 10.0 Å². The van der Waals surface area contributed by atoms with Crippen molar-refractivity contribution in [2.45, 2.75) is 18.5 Å². The first-order chi connectivity index (χ1) is 9.83. The number of benzene rings is 1. The fourth-order valence-corrected chi connectivity index (χ4v) is 3.47. The largest absolute Gasteiger partial charge is 0.326 e. The highest BCUT2D eigenvalue weighted by molar-refractivity contribution is 9.10. The van der Waals surface area contributed by atoms with Crippen molar-refractivity contribution < 1.29 is 8.42 Å². The average molecular weight is 391 g/mol. The van der Waals surface area contributed by atoms with Crippen molar-refractivity contribution in [2.75, 3.05) is 4.72 Å². The van der Waals surface area contributed by atoms with Crippen LogP contribution in [0.25, 0.3) is 0 Å². The van der Waals surface area contributed by atoms with Crippen LogP contribution in [0.1, 0.15) is 11.1 Å². The molecule has 0 aliphatic carbocycles. The highest BCUT2D eigenvalue weighted by Gasteiger charge is 2.17. The van der Waals surface area contributed by atoms with E-state index in [9.17, 15) is 8.42 Å². The summed E-state index contributed by atoms with van der Waals surface area (Å²) in [6.07, 6.45) is 1.44. The fraction of sp³-hybridized carbons (Fsp3) is 0.154. The predicted octanol–water partition coefficient (Wildman–Crippen LogP) is 3.07. The van der Waals surface area contributed by atoms with Crippen molar-refractivity contribution in [1.29, 1.82) is 0 Å². The molecule has 0 saturated heterocycles. The molecule has 1 heterocycles. The van der Waals surface area contributed by atoms with Gasteiger partial charge in [-0.25, -0.2) is 4.98 Å². The Labute approximate surface area is 136 Å². The van der Waals surface area contributed by atoms with Crippen LogP contribution in [-0.2, 0) is 16.6 Å². The summed E-state index contributed by atoms with van der Waals surface area (Å²) >= 11 is 9.32. The lowest BCUT2D eigenvalue weighted by atomic mass is 10.2. The molecule has 0 spiro atoms. The van der Waals surface area contributed by atoms with E-state index >= 15 is 0 Å². The smallest absolute Gasteiger partial charge is 0.279 e. The lowest BCUT2D eigenvalue weighted by Crippen LogP contribution is -2.15. The molecule has 0 saturated carbocycles. The Morgan fingerprint density at radius 1 is 1.38 bits per heavy atom. The number of nitrogens with one attached hydrogen (secondary N) is 1. The summed E-state index contributed by atoms with van der Waals surface area (Å²) in [5, 5.41) is 0.394. The van der Waals surface area contributed by atoms with Gasteiger partial charge >= 0.3 is 0 Å². The lowest BCUT2D eigenvalue weighted by molar-refractivity contribution is 0.597. The van der Waals surface area contributed by atoms with Crippen LogP contribution in [0.4, 0.5) is 5.69 Å². The van der Waals surface area contributed by atoms with Gasteiger partial charge in [0.1, 0.15) is 0 Å². The van der Waals surface area contributed by atoms with Gasteiger partial charge < -0.3 is 5.73 Å². The van der Waals surface area contributed by atoms with Crippen molar-refractivity contribution in [3.8, 4) is 0 Å². The Bertz CT molecular complexity index is 764. The third-order valence-electron chi connectivity index (χ3n) is 2.80. The highest BCUT2D eigenvalue weighted by atomic mass is 79.9. The second-order valence-corrected chi connectivity index (χ2v) is 7.29. The first-order valence-corrected chi connectivity index (χ1v) is 8.62. The van der Waals surface area contributed by atoms with Crippen molar-refractivity contribution in [3.63, 3.8) is 0 Å². The van der Waals surface area contributed by atoms with E-state index in [4.69, 9.17) is 17.3 Å². The number of sulfonamides is 1. The van der Waals surface area contributed by atoms with Gasteiger partial charge in [-0.2, -0.15) is 8.42 Å². The zero-order valence-corrected chi connectivity index (χ0v) is 14.3. The van der Waals surface area contributed by atoms with Crippen LogP contribution in [0, 0.1) is 6.92 Å². The number of hydrogen-bond donors (Lipinski definition) is 2. The van der Waals surface area contributed by atoms with Gasteiger partial charge in [0.2, 0.25) is 0 Å². The molecule has 0 amide bonds. The average Bonchev–Trinajstić information content (AvgIpc) is 2.44. The van der Waals surface area contributed by atoms with Crippen molar-refractivity contribution in [1.82, 2.24) is 4.98 Å². The summed E-state index contributed by atoms with van der Waals surface area (Å²) in [4.78, 5) is 3.91. The molecule has 0 fully saturated rings. The van der Waals surface area contributed by atoms with E-state index < -0.39 is 10.0 Å². The van der Waals surface area contributed by atoms with E-state index in [2.05, 4.69) is 25.6 Å². The first-order valence-electron chi connectivity index (χ1n) is 5.97. The molecule has 1 aromatic carbocycles. The summed E-state index contributed by atoms with van der Waals surface area (Å²) in [6.45, 7) is 2.14. The van der Waals surface area contributed by atoms with Gasteiger partial charge in [0, 0.05) is 22.2 Å². The number of nitrogens with zero attached hydrogens (tertiary/aromatic N) is 1. The Hall–Kier alpha value is -1.15. The molecule has 5 nitrogen and oxygen atoms in total. The van der Waals surface area contributed by atoms with E-state index in [1.807, 2.05) is 6.92 Å². The summed E-state index contributed by atoms with van der Waals surface area (Å²) in [5.41, 5.74) is 7.42. The zero-order valence-electron chi connectivity index (χ0n) is 11.1. The summed E-state index contributed by atoms with van der Waals surface area (Å²) in [5.74, 6) is 0. The quantitative estimate of drug-likeness (QED) is 0.840. The minimum absolute atomic E-state index is 0.0803. The molecular formula is C13H13BrClN3O2S. The van der Waals surface area contributed by atoms with Gasteiger partial charge in [-0.3, -0.25) is 4.72 Å². The Kier molecular flexibility index (Phi) is 4.88. The zero-order chi connectivity index (χ0) is 15.6. The third-order valence-corrected chi connectivity index (χ3v) is 5.15. The molecule has 2 aromatic rings. The van der Waals surface area contributed by atoms with Crippen molar-refractivity contribution in [2.24, 2.45) is 5.73 Å². The monoisotopic (exact) mass is 389 g/mol. The van der Waals surface area contributed by atoms with Crippen LogP contribution < -0.4 is 10.5 Å². The molecule has 8 heteroatoms. The number of rotatable bonds is 4. The molecule has 0 aliphatic rings. The van der Waals surface area contributed by atoms with E-state index in [0.717, 1.165) is 11.1 Å². The number of aryl methyl sites for hydroxylation is 1. The third kappa shape index (κ3) is 3.74. The molecule has 0 aliphatic heterocycles. The van der Waals surface area contributed by atoms with Crippen LogP contribution in [0.5, 0.6) is 0 Å². The van der Waals surface area contributed by atoms with Gasteiger partial charge in [0.05, 0.1) is 5.69 Å². The Morgan fingerprint density at radius 2 is 2.10 bits per heavy atom. The topological polar surface area (TPSA) is 85.1 Å². The van der Waals surface area contributed by atoms with Gasteiger partial charge in [-0.05, 0) is 52.2 Å². The number of pyridine rings is 1. The maximum absolute atomic E-state index is 12.3. The predicted molar refractivity (Wildman–Crippen MR) is 86.8 cm³/mol. The molecule has 112 valence electrons. The number of anilines is 1. The Balaban J connectivity index is 2.34. The molecule has 3 N–H and O–H groups in total. The minimum atomic E-state index is -3.78. The summed E-state index contributed by atoms with van der Waals surface area (Å²) < 4.78 is 27.6. The van der Waals surface area contributed by atoms with Crippen LogP contribution in [-0.4, -0.2) is 13.4 Å². The summed E-state index contributed by atoms with van der Waals surface area (Å²) in [6, 6.07) is 6.32. The van der Waals surface area contributed by atoms with Crippen LogP contribution in [0.3, 0.4) is 0 Å². The first kappa shape index (κ1) is 16.2. The normalized spacial score (nSPS) is 11.4. The SMILES string of the molecule is Cc1cc(Br)c(NS(=O)(=O)c2ccc(CN)cn2)cc1Cl. The van der Waals surface area contributed by atoms with Crippen LogP contribution in [0.2, 0.25) is 5.02 Å². The van der Waals surface area contributed by atoms with Crippen molar-refractivity contribution in [3.05, 3.63) is 51.1 Å². The number of aromatic nitrogens is 1. The van der Waals surface area contributed by atoms with Gasteiger partial charge in [-0.15, -0.1) is 0 Å². The molecule has 21 heavy (non-hydrogen) atoms. The molecule has 1 aromatic heterocycles. The van der Waals surface area contributed by atoms with Gasteiger partial charge in [-0.1, -0.05) is 17.7 Å². The van der Waals surface area contributed by atoms with Crippen LogP contribution in [0.15, 0.2) is 40.0 Å². The highest BCUT2D eigenvalue weighted by Crippen LogP contribution is 2.30. The maximum Gasteiger partial charge on any atom is 0.279 e. The maximum atomic E-state index is 12.3. The number of nitrogens with two attached hydrogens (primary N) is 1.